The summed E-state index contributed by atoms with van der Waals surface area (Å²) in [7, 11) is 0. The zero-order valence-electron chi connectivity index (χ0n) is 14.4. The fourth-order valence-corrected chi connectivity index (χ4v) is 3.76. The second-order valence-corrected chi connectivity index (χ2v) is 7.50. The molecule has 1 aliphatic rings. The van der Waals surface area contributed by atoms with Gasteiger partial charge in [0.15, 0.2) is 11.5 Å². The molecule has 0 aromatic heterocycles. The van der Waals surface area contributed by atoms with E-state index in [-0.39, 0.29) is 33.1 Å². The number of carboxylic acids is 1. The number of phenolic OH excluding ortho intramolecular Hbond substituents is 2. The van der Waals surface area contributed by atoms with E-state index in [1.165, 1.54) is 18.2 Å². The van der Waals surface area contributed by atoms with Crippen molar-refractivity contribution >= 4 is 46.3 Å². The van der Waals surface area contributed by atoms with Crippen LogP contribution < -0.4 is 4.74 Å². The molecule has 2 aromatic rings. The third-order valence-corrected chi connectivity index (χ3v) is 5.14. The molecule has 1 saturated heterocycles. The van der Waals surface area contributed by atoms with E-state index in [1.807, 2.05) is 30.3 Å². The molecule has 7 nitrogen and oxygen atoms in total. The molecule has 3 N–H and O–H groups in total. The Morgan fingerprint density at radius 1 is 1.18 bits per heavy atom. The van der Waals surface area contributed by atoms with Crippen LogP contribution in [0.25, 0.3) is 6.08 Å². The van der Waals surface area contributed by atoms with Crippen molar-refractivity contribution in [2.24, 2.45) is 0 Å². The normalized spacial score (nSPS) is 15.3. The van der Waals surface area contributed by atoms with E-state index in [2.05, 4.69) is 0 Å². The third-order valence-electron chi connectivity index (χ3n) is 3.76. The Labute approximate surface area is 169 Å². The summed E-state index contributed by atoms with van der Waals surface area (Å²) in [5, 5.41) is 29.2. The minimum Gasteiger partial charge on any atom is -0.504 e. The van der Waals surface area contributed by atoms with Gasteiger partial charge in [-0.05, 0) is 29.3 Å². The van der Waals surface area contributed by atoms with Gasteiger partial charge >= 0.3 is 5.97 Å². The van der Waals surface area contributed by atoms with Crippen LogP contribution in [-0.2, 0) is 16.2 Å². The molecule has 0 atom stereocenters. The Morgan fingerprint density at radius 2 is 1.82 bits per heavy atom. The number of carbonyl (C=O) groups is 2. The summed E-state index contributed by atoms with van der Waals surface area (Å²) >= 11 is 5.98. The highest BCUT2D eigenvalue weighted by molar-refractivity contribution is 8.26. The molecular weight excluding hydrogens is 402 g/mol. The van der Waals surface area contributed by atoms with Gasteiger partial charge in [-0.1, -0.05) is 54.3 Å². The minimum atomic E-state index is -1.17. The van der Waals surface area contributed by atoms with E-state index in [9.17, 15) is 19.8 Å². The van der Waals surface area contributed by atoms with Crippen LogP contribution >= 0.6 is 24.0 Å². The number of hydrogen-bond acceptors (Lipinski definition) is 7. The predicted octanol–water partition coefficient (Wildman–Crippen LogP) is 2.96. The Hall–Kier alpha value is -3.04. The van der Waals surface area contributed by atoms with E-state index >= 15 is 0 Å². The number of benzene rings is 2. The van der Waals surface area contributed by atoms with Crippen molar-refractivity contribution < 1.29 is 29.6 Å². The fourth-order valence-electron chi connectivity index (χ4n) is 2.50. The molecule has 0 saturated carbocycles. The first kappa shape index (κ1) is 19.7. The van der Waals surface area contributed by atoms with Gasteiger partial charge in [0, 0.05) is 0 Å². The zero-order chi connectivity index (χ0) is 20.3. The van der Waals surface area contributed by atoms with Gasteiger partial charge in [-0.2, -0.15) is 0 Å². The largest absolute Gasteiger partial charge is 0.504 e. The average molecular weight is 417 g/mol. The molecular formula is C19H15NO6S2. The Kier molecular flexibility index (Phi) is 5.86. The molecule has 0 radical (unpaired) electrons. The third kappa shape index (κ3) is 4.44. The molecule has 28 heavy (non-hydrogen) atoms. The van der Waals surface area contributed by atoms with Gasteiger partial charge in [0.1, 0.15) is 17.5 Å². The van der Waals surface area contributed by atoms with Crippen molar-refractivity contribution in [1.29, 1.82) is 0 Å². The van der Waals surface area contributed by atoms with E-state index < -0.39 is 18.4 Å². The molecule has 0 bridgehead atoms. The van der Waals surface area contributed by atoms with Crippen molar-refractivity contribution in [3.63, 3.8) is 0 Å². The maximum atomic E-state index is 12.3. The monoisotopic (exact) mass is 417 g/mol. The Morgan fingerprint density at radius 3 is 2.43 bits per heavy atom. The summed E-state index contributed by atoms with van der Waals surface area (Å²) in [5.74, 6) is -2.36. The maximum Gasteiger partial charge on any atom is 0.323 e. The number of hydrogen-bond donors (Lipinski definition) is 3. The highest BCUT2D eigenvalue weighted by atomic mass is 32.2. The van der Waals surface area contributed by atoms with Gasteiger partial charge in [0.05, 0.1) is 4.91 Å². The molecule has 0 spiro atoms. The lowest BCUT2D eigenvalue weighted by Crippen LogP contribution is -2.33. The second kappa shape index (κ2) is 8.32. The summed E-state index contributed by atoms with van der Waals surface area (Å²) < 4.78 is 5.62. The Bertz CT molecular complexity index is 951. The van der Waals surface area contributed by atoms with E-state index in [1.54, 1.807) is 0 Å². The number of aliphatic carboxylic acids is 1. The number of rotatable bonds is 6. The number of thiocarbonyl (C=S) groups is 1. The van der Waals surface area contributed by atoms with E-state index in [0.29, 0.717) is 5.56 Å². The van der Waals surface area contributed by atoms with Crippen molar-refractivity contribution in [2.75, 3.05) is 6.54 Å². The van der Waals surface area contributed by atoms with Crippen LogP contribution in [0.5, 0.6) is 17.2 Å². The molecule has 9 heteroatoms. The first-order chi connectivity index (χ1) is 13.3. The van der Waals surface area contributed by atoms with Gasteiger partial charge in [0.25, 0.3) is 5.91 Å². The van der Waals surface area contributed by atoms with Crippen LogP contribution in [0.3, 0.4) is 0 Å². The summed E-state index contributed by atoms with van der Waals surface area (Å²) in [6.07, 6.45) is 1.42. The lowest BCUT2D eigenvalue weighted by atomic mass is 10.1. The van der Waals surface area contributed by atoms with Crippen LogP contribution in [-0.4, -0.2) is 43.0 Å². The molecule has 1 fully saturated rings. The quantitative estimate of drug-likeness (QED) is 0.486. The SMILES string of the molecule is O=C(O)CN1C(=O)C(=Cc2cc(O)c(OCc3ccccc3)c(O)c2)SC1=S. The molecule has 2 aromatic carbocycles. The summed E-state index contributed by atoms with van der Waals surface area (Å²) in [6, 6.07) is 11.9. The number of aromatic hydroxyl groups is 2. The lowest BCUT2D eigenvalue weighted by Gasteiger charge is -2.11. The Balaban J connectivity index is 1.79. The maximum absolute atomic E-state index is 12.3. The van der Waals surface area contributed by atoms with Crippen LogP contribution in [0.4, 0.5) is 0 Å². The number of phenols is 2. The summed E-state index contributed by atoms with van der Waals surface area (Å²) in [4.78, 5) is 24.3. The molecule has 0 unspecified atom stereocenters. The average Bonchev–Trinajstić information content (AvgIpc) is 2.89. The lowest BCUT2D eigenvalue weighted by molar-refractivity contribution is -0.140. The molecule has 1 heterocycles. The topological polar surface area (TPSA) is 107 Å². The number of carboxylic acid groups (broad SMARTS) is 1. The van der Waals surface area contributed by atoms with Gasteiger partial charge in [-0.3, -0.25) is 14.5 Å². The number of amides is 1. The molecule has 0 aliphatic carbocycles. The molecule has 3 rings (SSSR count). The first-order valence-electron chi connectivity index (χ1n) is 8.05. The van der Waals surface area contributed by atoms with Crippen LogP contribution in [0.2, 0.25) is 0 Å². The zero-order valence-corrected chi connectivity index (χ0v) is 16.0. The standard InChI is InChI=1S/C19H15NO6S2/c21-13-6-12(8-15-18(25)20(9-16(23)24)19(27)28-15)7-14(22)17(13)26-10-11-4-2-1-3-5-11/h1-8,21-22H,9-10H2,(H,23,24). The fraction of sp³-hybridized carbons (Fsp3) is 0.105. The smallest absolute Gasteiger partial charge is 0.323 e. The summed E-state index contributed by atoms with van der Waals surface area (Å²) in [5.41, 5.74) is 1.21. The first-order valence-corrected chi connectivity index (χ1v) is 9.27. The highest BCUT2D eigenvalue weighted by Crippen LogP contribution is 2.39. The van der Waals surface area contributed by atoms with Gasteiger partial charge < -0.3 is 20.1 Å². The van der Waals surface area contributed by atoms with Crippen molar-refractivity contribution in [1.82, 2.24) is 4.90 Å². The van der Waals surface area contributed by atoms with Crippen molar-refractivity contribution in [3.05, 3.63) is 58.5 Å². The second-order valence-electron chi connectivity index (χ2n) is 5.82. The van der Waals surface area contributed by atoms with Crippen LogP contribution in [0, 0.1) is 0 Å². The van der Waals surface area contributed by atoms with Crippen molar-refractivity contribution in [3.8, 4) is 17.2 Å². The van der Waals surface area contributed by atoms with E-state index in [4.69, 9.17) is 22.1 Å². The van der Waals surface area contributed by atoms with Gasteiger partial charge in [0.2, 0.25) is 5.75 Å². The van der Waals surface area contributed by atoms with E-state index in [0.717, 1.165) is 22.2 Å². The van der Waals surface area contributed by atoms with Crippen LogP contribution in [0.15, 0.2) is 47.4 Å². The molecule has 144 valence electrons. The highest BCUT2D eigenvalue weighted by Gasteiger charge is 2.33. The van der Waals surface area contributed by atoms with Crippen LogP contribution in [0.1, 0.15) is 11.1 Å². The van der Waals surface area contributed by atoms with Gasteiger partial charge in [-0.15, -0.1) is 0 Å². The minimum absolute atomic E-state index is 0.0700. The number of thioether (sulfide) groups is 1. The number of carbonyl (C=O) groups excluding carboxylic acids is 1. The van der Waals surface area contributed by atoms with Gasteiger partial charge in [-0.25, -0.2) is 0 Å². The number of ether oxygens (including phenoxy) is 1. The molecule has 1 amide bonds. The molecule has 1 aliphatic heterocycles. The van der Waals surface area contributed by atoms with Crippen molar-refractivity contribution in [2.45, 2.75) is 6.61 Å². The predicted molar refractivity (Wildman–Crippen MR) is 108 cm³/mol. The summed E-state index contributed by atoms with van der Waals surface area (Å²) in [6.45, 7) is -0.361. The number of nitrogens with zero attached hydrogens (tertiary/aromatic N) is 1.